The van der Waals surface area contributed by atoms with Crippen molar-refractivity contribution in [2.45, 2.75) is 19.9 Å². The Kier molecular flexibility index (Phi) is 6.40. The molecule has 0 radical (unpaired) electrons. The maximum absolute atomic E-state index is 13.6. The van der Waals surface area contributed by atoms with Crippen LogP contribution in [-0.2, 0) is 9.53 Å². The predicted molar refractivity (Wildman–Crippen MR) is 128 cm³/mol. The minimum Gasteiger partial charge on any atom is -0.463 e. The number of ether oxygens (including phenoxy) is 1. The van der Waals surface area contributed by atoms with Gasteiger partial charge in [-0.2, -0.15) is 0 Å². The van der Waals surface area contributed by atoms with E-state index in [1.54, 1.807) is 38.1 Å². The van der Waals surface area contributed by atoms with Crippen LogP contribution in [0, 0.1) is 5.82 Å². The highest BCUT2D eigenvalue weighted by atomic mass is 79.9. The summed E-state index contributed by atoms with van der Waals surface area (Å²) in [5.74, 6) is 0.145. The van der Waals surface area contributed by atoms with Crippen LogP contribution in [0.2, 0.25) is 0 Å². The summed E-state index contributed by atoms with van der Waals surface area (Å²) in [5.41, 5.74) is 0.947. The Balaban J connectivity index is 1.93. The molecule has 0 unspecified atom stereocenters. The molecule has 1 atom stereocenters. The van der Waals surface area contributed by atoms with Crippen molar-refractivity contribution in [3.8, 4) is 0 Å². The molecule has 3 aromatic rings. The third-order valence-corrected chi connectivity index (χ3v) is 6.62. The quantitative estimate of drug-likeness (QED) is 0.470. The Morgan fingerprint density at radius 2 is 2.06 bits per heavy atom. The fourth-order valence-corrected chi connectivity index (χ4v) is 5.32. The van der Waals surface area contributed by atoms with Gasteiger partial charge in [0.1, 0.15) is 11.6 Å². The van der Waals surface area contributed by atoms with Crippen molar-refractivity contribution in [3.63, 3.8) is 0 Å². The zero-order chi connectivity index (χ0) is 23.9. The number of aromatic nitrogens is 1. The first-order chi connectivity index (χ1) is 15.7. The van der Waals surface area contributed by atoms with Crippen molar-refractivity contribution >= 4 is 45.2 Å². The number of fused-ring (bicyclic) bond motifs is 1. The number of benzene rings is 1. The van der Waals surface area contributed by atoms with Gasteiger partial charge in [-0.3, -0.25) is 9.36 Å². The van der Waals surface area contributed by atoms with Crippen LogP contribution >= 0.6 is 27.3 Å². The molecule has 0 saturated heterocycles. The van der Waals surface area contributed by atoms with Crippen LogP contribution in [0.3, 0.4) is 0 Å². The molecule has 33 heavy (non-hydrogen) atoms. The van der Waals surface area contributed by atoms with Gasteiger partial charge in [0.25, 0.3) is 5.56 Å². The van der Waals surface area contributed by atoms with Crippen molar-refractivity contribution in [1.82, 2.24) is 4.57 Å². The molecule has 0 N–H and O–H groups in total. The smallest absolute Gasteiger partial charge is 0.338 e. The van der Waals surface area contributed by atoms with Crippen LogP contribution in [0.1, 0.15) is 31.2 Å². The summed E-state index contributed by atoms with van der Waals surface area (Å²) in [6, 6.07) is 6.70. The molecule has 7 nitrogen and oxygen atoms in total. The Labute approximate surface area is 201 Å². The van der Waals surface area contributed by atoms with Crippen LogP contribution in [0.5, 0.6) is 0 Å². The molecule has 0 spiro atoms. The number of carbonyl (C=O) groups excluding carboxylic acids is 1. The van der Waals surface area contributed by atoms with Crippen molar-refractivity contribution < 1.29 is 18.3 Å². The first-order valence-corrected chi connectivity index (χ1v) is 11.7. The summed E-state index contributed by atoms with van der Waals surface area (Å²) in [4.78, 5) is 33.1. The van der Waals surface area contributed by atoms with Crippen LogP contribution in [-0.4, -0.2) is 31.2 Å². The number of hydrogen-bond donors (Lipinski definition) is 0. The van der Waals surface area contributed by atoms with Crippen molar-refractivity contribution in [1.29, 1.82) is 0 Å². The molecule has 3 heterocycles. The number of anilines is 1. The lowest BCUT2D eigenvalue weighted by molar-refractivity contribution is -0.139. The fraction of sp³-hybridized carbons (Fsp3) is 0.261. The van der Waals surface area contributed by atoms with Gasteiger partial charge >= 0.3 is 5.97 Å². The second-order valence-corrected chi connectivity index (χ2v) is 9.41. The van der Waals surface area contributed by atoms with E-state index < -0.39 is 17.8 Å². The molecule has 2 aromatic heterocycles. The van der Waals surface area contributed by atoms with Gasteiger partial charge in [0.2, 0.25) is 5.88 Å². The predicted octanol–water partition coefficient (Wildman–Crippen LogP) is 3.36. The molecule has 172 valence electrons. The van der Waals surface area contributed by atoms with Gasteiger partial charge in [-0.05, 0) is 47.5 Å². The van der Waals surface area contributed by atoms with Crippen LogP contribution in [0.15, 0.2) is 60.3 Å². The zero-order valence-corrected chi connectivity index (χ0v) is 20.8. The first kappa shape index (κ1) is 23.2. The summed E-state index contributed by atoms with van der Waals surface area (Å²) in [6.07, 6.45) is 1.65. The summed E-state index contributed by atoms with van der Waals surface area (Å²) in [7, 11) is 3.70. The number of hydrogen-bond acceptors (Lipinski definition) is 7. The largest absolute Gasteiger partial charge is 0.463 e. The van der Waals surface area contributed by atoms with Gasteiger partial charge in [0, 0.05) is 26.2 Å². The molecule has 1 aliphatic rings. The molecule has 0 saturated carbocycles. The maximum Gasteiger partial charge on any atom is 0.338 e. The highest BCUT2D eigenvalue weighted by Crippen LogP contribution is 2.31. The van der Waals surface area contributed by atoms with Crippen molar-refractivity contribution in [2.75, 3.05) is 25.6 Å². The number of esters is 1. The van der Waals surface area contributed by atoms with E-state index in [1.807, 2.05) is 19.0 Å². The number of rotatable bonds is 5. The Morgan fingerprint density at radius 3 is 2.67 bits per heavy atom. The Bertz CT molecular complexity index is 1430. The summed E-state index contributed by atoms with van der Waals surface area (Å²) < 4.78 is 27.3. The van der Waals surface area contributed by atoms with E-state index in [0.717, 1.165) is 4.47 Å². The number of halogens is 2. The zero-order valence-electron chi connectivity index (χ0n) is 18.4. The van der Waals surface area contributed by atoms with E-state index in [4.69, 9.17) is 9.15 Å². The minimum absolute atomic E-state index is 0.178. The molecular weight excluding hydrogens is 513 g/mol. The Hall–Kier alpha value is -2.98. The number of furan rings is 1. The second kappa shape index (κ2) is 9.11. The summed E-state index contributed by atoms with van der Waals surface area (Å²) in [6.45, 7) is 3.59. The van der Waals surface area contributed by atoms with Gasteiger partial charge in [-0.15, -0.1) is 0 Å². The van der Waals surface area contributed by atoms with Crippen LogP contribution in [0.25, 0.3) is 6.08 Å². The Morgan fingerprint density at radius 1 is 1.36 bits per heavy atom. The normalized spacial score (nSPS) is 15.9. The lowest BCUT2D eigenvalue weighted by Gasteiger charge is -2.24. The van der Waals surface area contributed by atoms with E-state index in [-0.39, 0.29) is 17.7 Å². The molecule has 0 amide bonds. The van der Waals surface area contributed by atoms with Crippen LogP contribution < -0.4 is 19.8 Å². The van der Waals surface area contributed by atoms with E-state index in [1.165, 1.54) is 28.0 Å². The minimum atomic E-state index is -0.788. The standard InChI is InChI=1S/C23H21BrFN3O4S/c1-5-31-22(30)18-12(2)26-23-28(19(18)13-6-8-14(25)9-7-13)20(29)17(33-23)11-15-10-16(24)21(32-15)27(3)4/h6-11,19H,5H2,1-4H3/b17-11+/t19-/m1/s1. The highest BCUT2D eigenvalue weighted by molar-refractivity contribution is 9.10. The van der Waals surface area contributed by atoms with Crippen LogP contribution in [0.4, 0.5) is 10.3 Å². The molecule has 10 heteroatoms. The third-order valence-electron chi connectivity index (χ3n) is 5.07. The van der Waals surface area contributed by atoms with Gasteiger partial charge in [-0.25, -0.2) is 14.2 Å². The van der Waals surface area contributed by atoms with E-state index >= 15 is 0 Å². The molecule has 0 bridgehead atoms. The van der Waals surface area contributed by atoms with E-state index in [0.29, 0.717) is 32.2 Å². The molecule has 0 aliphatic carbocycles. The average Bonchev–Trinajstić information content (AvgIpc) is 3.27. The number of carbonyl (C=O) groups is 1. The van der Waals surface area contributed by atoms with E-state index in [9.17, 15) is 14.0 Å². The number of allylic oxidation sites excluding steroid dienone is 1. The number of thiazole rings is 1. The maximum atomic E-state index is 13.6. The second-order valence-electron chi connectivity index (χ2n) is 7.55. The van der Waals surface area contributed by atoms with Gasteiger partial charge in [-0.1, -0.05) is 23.5 Å². The molecule has 1 aromatic carbocycles. The van der Waals surface area contributed by atoms with Gasteiger partial charge in [0.05, 0.1) is 32.9 Å². The highest BCUT2D eigenvalue weighted by Gasteiger charge is 2.33. The lowest BCUT2D eigenvalue weighted by Crippen LogP contribution is -2.39. The SMILES string of the molecule is CCOC(=O)C1=C(C)N=c2s/c(=C/c3cc(Br)c(N(C)C)o3)c(=O)n2[C@@H]1c1ccc(F)cc1. The molecule has 0 fully saturated rings. The molecule has 1 aliphatic heterocycles. The van der Waals surface area contributed by atoms with E-state index in [2.05, 4.69) is 20.9 Å². The van der Waals surface area contributed by atoms with Crippen molar-refractivity contribution in [2.24, 2.45) is 4.99 Å². The average molecular weight is 534 g/mol. The molecule has 4 rings (SSSR count). The lowest BCUT2D eigenvalue weighted by atomic mass is 9.96. The number of nitrogens with zero attached hydrogens (tertiary/aromatic N) is 3. The summed E-state index contributed by atoms with van der Waals surface area (Å²) in [5, 5.41) is 0. The monoisotopic (exact) mass is 533 g/mol. The van der Waals surface area contributed by atoms with Gasteiger partial charge < -0.3 is 14.1 Å². The topological polar surface area (TPSA) is 77.0 Å². The van der Waals surface area contributed by atoms with Crippen molar-refractivity contribution in [3.05, 3.63) is 82.9 Å². The van der Waals surface area contributed by atoms with Gasteiger partial charge in [0.15, 0.2) is 4.80 Å². The summed E-state index contributed by atoms with van der Waals surface area (Å²) >= 11 is 4.65. The fourth-order valence-electron chi connectivity index (χ4n) is 3.63. The molecular formula is C23H21BrFN3O4S. The third kappa shape index (κ3) is 4.32. The first-order valence-electron chi connectivity index (χ1n) is 10.1.